The summed E-state index contributed by atoms with van der Waals surface area (Å²) < 4.78 is 10.6. The van der Waals surface area contributed by atoms with E-state index in [9.17, 15) is 0 Å². The van der Waals surface area contributed by atoms with Gasteiger partial charge in [-0.05, 0) is 18.2 Å². The van der Waals surface area contributed by atoms with E-state index in [0.717, 1.165) is 28.1 Å². The van der Waals surface area contributed by atoms with E-state index in [-0.39, 0.29) is 0 Å². The van der Waals surface area contributed by atoms with E-state index in [2.05, 4.69) is 20.2 Å². The van der Waals surface area contributed by atoms with Crippen molar-refractivity contribution in [2.45, 2.75) is 0 Å². The van der Waals surface area contributed by atoms with Crippen LogP contribution in [0.25, 0.3) is 22.4 Å². The van der Waals surface area contributed by atoms with Gasteiger partial charge in [0.05, 0.1) is 37.7 Å². The van der Waals surface area contributed by atoms with Gasteiger partial charge in [-0.1, -0.05) is 0 Å². The van der Waals surface area contributed by atoms with Crippen molar-refractivity contribution in [2.24, 2.45) is 0 Å². The molecule has 6 nitrogen and oxygen atoms in total. The van der Waals surface area contributed by atoms with Crippen LogP contribution in [0.3, 0.4) is 0 Å². The van der Waals surface area contributed by atoms with Gasteiger partial charge >= 0.3 is 0 Å². The average Bonchev–Trinajstić information content (AvgIpc) is 2.90. The lowest BCUT2D eigenvalue weighted by atomic mass is 10.2. The molecule has 6 heteroatoms. The third-order valence-electron chi connectivity index (χ3n) is 2.86. The van der Waals surface area contributed by atoms with E-state index >= 15 is 0 Å². The summed E-state index contributed by atoms with van der Waals surface area (Å²) >= 11 is 0. The second kappa shape index (κ2) is 4.56. The molecule has 3 aromatic rings. The lowest BCUT2D eigenvalue weighted by Gasteiger charge is -2.08. The summed E-state index contributed by atoms with van der Waals surface area (Å²) in [6.45, 7) is 0. The predicted octanol–water partition coefficient (Wildman–Crippen LogP) is 2.04. The molecule has 0 atom stereocenters. The van der Waals surface area contributed by atoms with Crippen molar-refractivity contribution in [3.05, 3.63) is 30.6 Å². The fourth-order valence-electron chi connectivity index (χ4n) is 1.90. The zero-order valence-corrected chi connectivity index (χ0v) is 10.5. The monoisotopic (exact) mass is 256 g/mol. The minimum atomic E-state index is 0.695. The zero-order valence-electron chi connectivity index (χ0n) is 10.5. The summed E-state index contributed by atoms with van der Waals surface area (Å²) in [7, 11) is 3.25. The molecule has 0 aliphatic rings. The number of hydrogen-bond acceptors (Lipinski definition) is 5. The Morgan fingerprint density at radius 2 is 1.89 bits per heavy atom. The number of H-pyrrole nitrogens is 1. The maximum absolute atomic E-state index is 5.35. The Balaban J connectivity index is 2.19. The first-order chi connectivity index (χ1) is 9.31. The van der Waals surface area contributed by atoms with E-state index in [1.807, 2.05) is 18.2 Å². The Bertz CT molecular complexity index is 690. The maximum atomic E-state index is 5.35. The summed E-state index contributed by atoms with van der Waals surface area (Å²) in [5.41, 5.74) is 2.42. The molecule has 0 amide bonds. The smallest absolute Gasteiger partial charge is 0.142 e. The number of benzene rings is 1. The van der Waals surface area contributed by atoms with Crippen LogP contribution in [-0.4, -0.2) is 34.4 Å². The summed E-state index contributed by atoms with van der Waals surface area (Å²) in [5, 5.41) is 7.63. The highest BCUT2D eigenvalue weighted by Crippen LogP contribution is 2.32. The molecule has 2 aromatic heterocycles. The van der Waals surface area contributed by atoms with Crippen LogP contribution < -0.4 is 9.47 Å². The van der Waals surface area contributed by atoms with Gasteiger partial charge in [-0.25, -0.2) is 4.98 Å². The minimum absolute atomic E-state index is 0.695. The molecule has 0 radical (unpaired) electrons. The molecule has 0 saturated carbocycles. The van der Waals surface area contributed by atoms with Gasteiger partial charge in [0.15, 0.2) is 0 Å². The number of imidazole rings is 1. The molecule has 0 bridgehead atoms. The molecular formula is C13H12N4O2. The molecule has 0 saturated heterocycles. The quantitative estimate of drug-likeness (QED) is 0.776. The van der Waals surface area contributed by atoms with Crippen molar-refractivity contribution < 1.29 is 9.47 Å². The first-order valence-corrected chi connectivity index (χ1v) is 5.70. The topological polar surface area (TPSA) is 72.9 Å². The van der Waals surface area contributed by atoms with Crippen LogP contribution in [0.5, 0.6) is 11.5 Å². The normalized spacial score (nSPS) is 10.6. The van der Waals surface area contributed by atoms with Gasteiger partial charge in [-0.2, -0.15) is 10.2 Å². The maximum Gasteiger partial charge on any atom is 0.142 e. The highest BCUT2D eigenvalue weighted by Gasteiger charge is 2.12. The summed E-state index contributed by atoms with van der Waals surface area (Å²) in [5.74, 6) is 2.16. The summed E-state index contributed by atoms with van der Waals surface area (Å²) in [6, 6.07) is 5.56. The molecule has 19 heavy (non-hydrogen) atoms. The average molecular weight is 256 g/mol. The van der Waals surface area contributed by atoms with Gasteiger partial charge in [-0.15, -0.1) is 0 Å². The lowest BCUT2D eigenvalue weighted by Crippen LogP contribution is -1.91. The highest BCUT2D eigenvalue weighted by atomic mass is 16.5. The highest BCUT2D eigenvalue weighted by molar-refractivity contribution is 5.79. The third kappa shape index (κ3) is 1.97. The molecular weight excluding hydrogens is 244 g/mol. The van der Waals surface area contributed by atoms with Gasteiger partial charge in [0.1, 0.15) is 22.8 Å². The van der Waals surface area contributed by atoms with Crippen molar-refractivity contribution in [3.8, 4) is 22.9 Å². The zero-order chi connectivity index (χ0) is 13.2. The first-order valence-electron chi connectivity index (χ1n) is 5.70. The lowest BCUT2D eigenvalue weighted by molar-refractivity contribution is 0.404. The van der Waals surface area contributed by atoms with E-state index < -0.39 is 0 Å². The van der Waals surface area contributed by atoms with Gasteiger partial charge in [0.2, 0.25) is 0 Å². The van der Waals surface area contributed by atoms with E-state index in [1.54, 1.807) is 26.6 Å². The second-order valence-electron chi connectivity index (χ2n) is 3.94. The molecule has 0 aliphatic heterocycles. The number of ether oxygens (including phenoxy) is 2. The van der Waals surface area contributed by atoms with Crippen LogP contribution in [-0.2, 0) is 0 Å². The number of aromatic nitrogens is 4. The van der Waals surface area contributed by atoms with E-state index in [4.69, 9.17) is 9.47 Å². The number of nitrogens with one attached hydrogen (secondary N) is 1. The minimum Gasteiger partial charge on any atom is -0.497 e. The van der Waals surface area contributed by atoms with Crippen LogP contribution in [0.4, 0.5) is 0 Å². The molecule has 0 spiro atoms. The van der Waals surface area contributed by atoms with Gasteiger partial charge in [-0.3, -0.25) is 0 Å². The van der Waals surface area contributed by atoms with E-state index in [0.29, 0.717) is 5.82 Å². The number of aromatic amines is 1. The summed E-state index contributed by atoms with van der Waals surface area (Å²) in [6.07, 6.45) is 3.25. The van der Waals surface area contributed by atoms with Crippen molar-refractivity contribution in [2.75, 3.05) is 14.2 Å². The standard InChI is InChI=1S/C13H12N4O2/c1-18-8-3-4-12(19-2)9(5-8)13-16-10-6-14-15-7-11(10)17-13/h3-7H,1-2H3,(H,16,17). The number of nitrogens with zero attached hydrogens (tertiary/aromatic N) is 3. The van der Waals surface area contributed by atoms with Gasteiger partial charge in [0, 0.05) is 0 Å². The van der Waals surface area contributed by atoms with Crippen molar-refractivity contribution in [1.29, 1.82) is 0 Å². The molecule has 1 N–H and O–H groups in total. The molecule has 0 unspecified atom stereocenters. The van der Waals surface area contributed by atoms with Crippen LogP contribution in [0.1, 0.15) is 0 Å². The Kier molecular flexibility index (Phi) is 2.75. The number of methoxy groups -OCH3 is 2. The Morgan fingerprint density at radius 3 is 2.63 bits per heavy atom. The molecule has 2 heterocycles. The van der Waals surface area contributed by atoms with Crippen molar-refractivity contribution in [3.63, 3.8) is 0 Å². The number of hydrogen-bond donors (Lipinski definition) is 1. The molecule has 96 valence electrons. The van der Waals surface area contributed by atoms with Gasteiger partial charge < -0.3 is 14.5 Å². The Morgan fingerprint density at radius 1 is 1.05 bits per heavy atom. The van der Waals surface area contributed by atoms with Crippen molar-refractivity contribution in [1.82, 2.24) is 20.2 Å². The SMILES string of the molecule is COc1ccc(OC)c(-c2nc3cnncc3[nH]2)c1. The van der Waals surface area contributed by atoms with Crippen LogP contribution in [0, 0.1) is 0 Å². The number of fused-ring (bicyclic) bond motifs is 1. The summed E-state index contributed by atoms with van der Waals surface area (Å²) in [4.78, 5) is 7.66. The third-order valence-corrected chi connectivity index (χ3v) is 2.86. The van der Waals surface area contributed by atoms with Crippen LogP contribution >= 0.6 is 0 Å². The van der Waals surface area contributed by atoms with E-state index in [1.165, 1.54) is 0 Å². The van der Waals surface area contributed by atoms with Crippen LogP contribution in [0.2, 0.25) is 0 Å². The fourth-order valence-corrected chi connectivity index (χ4v) is 1.90. The fraction of sp³-hybridized carbons (Fsp3) is 0.154. The largest absolute Gasteiger partial charge is 0.497 e. The second-order valence-corrected chi connectivity index (χ2v) is 3.94. The molecule has 1 aromatic carbocycles. The number of rotatable bonds is 3. The Labute approximate surface area is 109 Å². The molecule has 3 rings (SSSR count). The predicted molar refractivity (Wildman–Crippen MR) is 70.2 cm³/mol. The van der Waals surface area contributed by atoms with Gasteiger partial charge in [0.25, 0.3) is 0 Å². The van der Waals surface area contributed by atoms with Crippen molar-refractivity contribution >= 4 is 11.0 Å². The Hall–Kier alpha value is -2.63. The molecule has 0 aliphatic carbocycles. The van der Waals surface area contributed by atoms with Crippen LogP contribution in [0.15, 0.2) is 30.6 Å². The molecule has 0 fully saturated rings. The first kappa shape index (κ1) is 11.5.